The summed E-state index contributed by atoms with van der Waals surface area (Å²) in [6.07, 6.45) is 0.954. The van der Waals surface area contributed by atoms with Gasteiger partial charge in [-0.1, -0.05) is 6.92 Å². The highest BCUT2D eigenvalue weighted by atomic mass is 16.4. The number of nitrogens with one attached hydrogen (secondary N) is 1. The number of hydrogen-bond acceptors (Lipinski definition) is 4. The quantitative estimate of drug-likeness (QED) is 0.864. The molecule has 0 radical (unpaired) electrons. The molecule has 0 aliphatic carbocycles. The van der Waals surface area contributed by atoms with E-state index in [0.717, 1.165) is 24.4 Å². The monoisotopic (exact) mass is 289 g/mol. The number of hydrazone groups is 1. The third-order valence-corrected chi connectivity index (χ3v) is 3.39. The summed E-state index contributed by atoms with van der Waals surface area (Å²) in [6.45, 7) is 4.52. The van der Waals surface area contributed by atoms with E-state index >= 15 is 0 Å². The molecule has 1 heterocycles. The van der Waals surface area contributed by atoms with Gasteiger partial charge in [0, 0.05) is 30.8 Å². The summed E-state index contributed by atoms with van der Waals surface area (Å²) in [4.78, 5) is 22.6. The average Bonchev–Trinajstić information content (AvgIpc) is 2.91. The number of carboxylic acids is 1. The molecule has 6 heteroatoms. The number of aliphatic carboxylic acids is 1. The summed E-state index contributed by atoms with van der Waals surface area (Å²) in [5, 5.41) is 17.7. The van der Waals surface area contributed by atoms with Crippen molar-refractivity contribution in [2.45, 2.75) is 20.3 Å². The van der Waals surface area contributed by atoms with Crippen LogP contribution < -0.4 is 10.3 Å². The third-order valence-electron chi connectivity index (χ3n) is 3.39. The molecule has 21 heavy (non-hydrogen) atoms. The van der Waals surface area contributed by atoms with Gasteiger partial charge in [0.25, 0.3) is 5.91 Å². The van der Waals surface area contributed by atoms with Gasteiger partial charge >= 0.3 is 5.97 Å². The maximum atomic E-state index is 11.9. The number of rotatable bonds is 5. The molecule has 2 N–H and O–H groups in total. The highest BCUT2D eigenvalue weighted by Gasteiger charge is 2.15. The minimum absolute atomic E-state index is 0.117. The predicted octanol–water partition coefficient (Wildman–Crippen LogP) is 1.72. The van der Waals surface area contributed by atoms with Crippen molar-refractivity contribution in [1.82, 2.24) is 5.32 Å². The van der Waals surface area contributed by atoms with Gasteiger partial charge in [0.1, 0.15) is 0 Å². The van der Waals surface area contributed by atoms with Crippen LogP contribution in [-0.2, 0) is 4.79 Å². The predicted molar refractivity (Wildman–Crippen MR) is 80.6 cm³/mol. The lowest BCUT2D eigenvalue weighted by molar-refractivity contribution is -0.140. The van der Waals surface area contributed by atoms with E-state index in [1.807, 2.05) is 24.1 Å². The Kier molecular flexibility index (Phi) is 4.57. The minimum atomic E-state index is -0.923. The van der Waals surface area contributed by atoms with E-state index in [2.05, 4.69) is 10.4 Å². The van der Waals surface area contributed by atoms with E-state index in [4.69, 9.17) is 5.11 Å². The Balaban J connectivity index is 1.95. The Morgan fingerprint density at radius 1 is 1.38 bits per heavy atom. The van der Waals surface area contributed by atoms with Crippen molar-refractivity contribution >= 4 is 23.3 Å². The Morgan fingerprint density at radius 3 is 2.57 bits per heavy atom. The Hall–Kier alpha value is -2.37. The Labute approximate surface area is 123 Å². The normalized spacial score (nSPS) is 15.5. The van der Waals surface area contributed by atoms with Crippen molar-refractivity contribution in [1.29, 1.82) is 0 Å². The summed E-state index contributed by atoms with van der Waals surface area (Å²) >= 11 is 0. The van der Waals surface area contributed by atoms with Gasteiger partial charge in [-0.05, 0) is 31.2 Å². The topological polar surface area (TPSA) is 82.0 Å². The van der Waals surface area contributed by atoms with Crippen LogP contribution in [-0.4, -0.2) is 35.8 Å². The molecule has 1 aromatic carbocycles. The fourth-order valence-electron chi connectivity index (χ4n) is 1.98. The molecule has 1 aromatic rings. The molecule has 0 saturated carbocycles. The second-order valence-corrected chi connectivity index (χ2v) is 5.20. The van der Waals surface area contributed by atoms with E-state index in [-0.39, 0.29) is 12.5 Å². The zero-order valence-corrected chi connectivity index (χ0v) is 12.2. The molecule has 6 nitrogen and oxygen atoms in total. The van der Waals surface area contributed by atoms with Gasteiger partial charge in [-0.2, -0.15) is 5.10 Å². The molecule has 0 fully saturated rings. The summed E-state index contributed by atoms with van der Waals surface area (Å²) in [6, 6.07) is 7.13. The van der Waals surface area contributed by atoms with E-state index in [0.29, 0.717) is 5.56 Å². The second kappa shape index (κ2) is 6.39. The summed E-state index contributed by atoms with van der Waals surface area (Å²) in [5.74, 6) is -1.79. The van der Waals surface area contributed by atoms with Crippen LogP contribution in [0.5, 0.6) is 0 Å². The average molecular weight is 289 g/mol. The lowest BCUT2D eigenvalue weighted by Gasteiger charge is -2.14. The van der Waals surface area contributed by atoms with Gasteiger partial charge in [0.05, 0.1) is 11.6 Å². The van der Waals surface area contributed by atoms with Crippen LogP contribution in [0.3, 0.4) is 0 Å². The first-order valence-corrected chi connectivity index (χ1v) is 6.90. The number of carbonyl (C=O) groups excluding carboxylic acids is 1. The van der Waals surface area contributed by atoms with Crippen LogP contribution in [0, 0.1) is 5.92 Å². The Morgan fingerprint density at radius 2 is 2.05 bits per heavy atom. The highest BCUT2D eigenvalue weighted by Crippen LogP contribution is 2.19. The molecule has 0 spiro atoms. The summed E-state index contributed by atoms with van der Waals surface area (Å²) < 4.78 is 0. The van der Waals surface area contributed by atoms with Gasteiger partial charge in [-0.25, -0.2) is 0 Å². The zero-order chi connectivity index (χ0) is 15.4. The lowest BCUT2D eigenvalue weighted by Crippen LogP contribution is -2.31. The first kappa shape index (κ1) is 15.0. The van der Waals surface area contributed by atoms with Gasteiger partial charge in [-0.15, -0.1) is 0 Å². The van der Waals surface area contributed by atoms with Crippen molar-refractivity contribution in [3.8, 4) is 0 Å². The van der Waals surface area contributed by atoms with Crippen LogP contribution in [0.1, 0.15) is 30.6 Å². The van der Waals surface area contributed by atoms with E-state index in [1.165, 1.54) is 0 Å². The van der Waals surface area contributed by atoms with Crippen LogP contribution in [0.4, 0.5) is 5.69 Å². The molecule has 0 saturated heterocycles. The first-order valence-electron chi connectivity index (χ1n) is 6.90. The number of carboxylic acid groups (broad SMARTS) is 1. The Bertz CT molecular complexity index is 566. The van der Waals surface area contributed by atoms with Crippen LogP contribution in [0.2, 0.25) is 0 Å². The lowest BCUT2D eigenvalue weighted by atomic mass is 10.1. The number of nitrogens with zero attached hydrogens (tertiary/aromatic N) is 2. The molecule has 1 unspecified atom stereocenters. The number of benzene rings is 1. The zero-order valence-electron chi connectivity index (χ0n) is 12.2. The van der Waals surface area contributed by atoms with Crippen molar-refractivity contribution in [3.05, 3.63) is 29.8 Å². The maximum absolute atomic E-state index is 11.9. The largest absolute Gasteiger partial charge is 0.481 e. The molecule has 1 amide bonds. The summed E-state index contributed by atoms with van der Waals surface area (Å²) in [5.41, 5.74) is 2.55. The van der Waals surface area contributed by atoms with E-state index in [1.54, 1.807) is 19.1 Å². The third kappa shape index (κ3) is 3.81. The molecule has 112 valence electrons. The van der Waals surface area contributed by atoms with Crippen molar-refractivity contribution in [2.75, 3.05) is 18.1 Å². The SMILES string of the molecule is CC1=NN(c2ccc(C(=O)NCC(C)C(=O)O)cc2)CC1. The van der Waals surface area contributed by atoms with Crippen molar-refractivity contribution in [3.63, 3.8) is 0 Å². The molecule has 1 atom stereocenters. The second-order valence-electron chi connectivity index (χ2n) is 5.20. The van der Waals surface area contributed by atoms with E-state index < -0.39 is 11.9 Å². The maximum Gasteiger partial charge on any atom is 0.308 e. The number of amides is 1. The van der Waals surface area contributed by atoms with Gasteiger partial charge < -0.3 is 10.4 Å². The van der Waals surface area contributed by atoms with Gasteiger partial charge in [-0.3, -0.25) is 14.6 Å². The number of anilines is 1. The molecule has 1 aliphatic heterocycles. The minimum Gasteiger partial charge on any atom is -0.481 e. The van der Waals surface area contributed by atoms with Crippen LogP contribution in [0.15, 0.2) is 29.4 Å². The summed E-state index contributed by atoms with van der Waals surface area (Å²) in [7, 11) is 0. The fraction of sp³-hybridized carbons (Fsp3) is 0.400. The molecule has 0 aromatic heterocycles. The van der Waals surface area contributed by atoms with Crippen LogP contribution in [0.25, 0.3) is 0 Å². The first-order chi connectivity index (χ1) is 9.97. The molecule has 1 aliphatic rings. The molecular weight excluding hydrogens is 270 g/mol. The van der Waals surface area contributed by atoms with Gasteiger partial charge in [0.15, 0.2) is 0 Å². The fourth-order valence-corrected chi connectivity index (χ4v) is 1.98. The van der Waals surface area contributed by atoms with E-state index in [9.17, 15) is 9.59 Å². The van der Waals surface area contributed by atoms with Gasteiger partial charge in [0.2, 0.25) is 0 Å². The number of carbonyl (C=O) groups is 2. The molecule has 0 bridgehead atoms. The standard InChI is InChI=1S/C15H19N3O3/c1-10(15(20)21)9-16-14(19)12-3-5-13(6-4-12)18-8-7-11(2)17-18/h3-6,10H,7-9H2,1-2H3,(H,16,19)(H,20,21). The highest BCUT2D eigenvalue weighted by molar-refractivity contribution is 5.94. The van der Waals surface area contributed by atoms with Crippen LogP contribution >= 0.6 is 0 Å². The number of hydrogen-bond donors (Lipinski definition) is 2. The molecule has 2 rings (SSSR count). The van der Waals surface area contributed by atoms with Crippen molar-refractivity contribution < 1.29 is 14.7 Å². The smallest absolute Gasteiger partial charge is 0.308 e. The molecular formula is C15H19N3O3. The van der Waals surface area contributed by atoms with Crippen molar-refractivity contribution in [2.24, 2.45) is 11.0 Å².